The van der Waals surface area contributed by atoms with Crippen LogP contribution in [0, 0.1) is 11.6 Å². The second kappa shape index (κ2) is 7.93. The van der Waals surface area contributed by atoms with E-state index in [1.165, 1.54) is 30.5 Å². The first-order chi connectivity index (χ1) is 10.6. The number of hydrogen-bond donors (Lipinski definition) is 2. The molecule has 0 aliphatic carbocycles. The average molecular weight is 302 g/mol. The van der Waals surface area contributed by atoms with Crippen LogP contribution in [0.15, 0.2) is 54.7 Å². The third kappa shape index (κ3) is 5.36. The summed E-state index contributed by atoms with van der Waals surface area (Å²) >= 11 is 0. The molecule has 0 bridgehead atoms. The van der Waals surface area contributed by atoms with E-state index in [0.717, 1.165) is 5.56 Å². The van der Waals surface area contributed by atoms with Gasteiger partial charge in [-0.3, -0.25) is 0 Å². The van der Waals surface area contributed by atoms with Gasteiger partial charge in [0.05, 0.1) is 0 Å². The standard InChI is InChI=1S/C17H16F2N2O/c18-15-5-1-3-13(11-15)7-9-20-17(22)21-10-8-14-4-2-6-16(19)12-14/h1-7,9,11-12H,8,10H2,(H2,20,21,22)/b9-7+. The van der Waals surface area contributed by atoms with Crippen LogP contribution in [0.5, 0.6) is 0 Å². The summed E-state index contributed by atoms with van der Waals surface area (Å²) in [5.74, 6) is -0.623. The molecule has 3 nitrogen and oxygen atoms in total. The highest BCUT2D eigenvalue weighted by atomic mass is 19.1. The van der Waals surface area contributed by atoms with Crippen LogP contribution >= 0.6 is 0 Å². The highest BCUT2D eigenvalue weighted by molar-refractivity contribution is 5.75. The Morgan fingerprint density at radius 3 is 2.50 bits per heavy atom. The summed E-state index contributed by atoms with van der Waals surface area (Å²) in [7, 11) is 0. The highest BCUT2D eigenvalue weighted by Crippen LogP contribution is 2.05. The lowest BCUT2D eigenvalue weighted by Crippen LogP contribution is -2.33. The minimum absolute atomic E-state index is 0.292. The smallest absolute Gasteiger partial charge is 0.318 e. The molecule has 114 valence electrons. The number of hydrogen-bond acceptors (Lipinski definition) is 1. The van der Waals surface area contributed by atoms with Gasteiger partial charge in [-0.25, -0.2) is 13.6 Å². The lowest BCUT2D eigenvalue weighted by atomic mass is 10.1. The van der Waals surface area contributed by atoms with Gasteiger partial charge in [0.2, 0.25) is 0 Å². The average Bonchev–Trinajstić information content (AvgIpc) is 2.47. The maximum absolute atomic E-state index is 13.0. The number of carbonyl (C=O) groups excluding carboxylic acids is 1. The number of benzene rings is 2. The van der Waals surface area contributed by atoms with Crippen molar-refractivity contribution in [3.05, 3.63) is 77.5 Å². The molecule has 2 aromatic rings. The molecule has 2 aromatic carbocycles. The first kappa shape index (κ1) is 15.7. The third-order valence-corrected chi connectivity index (χ3v) is 2.93. The van der Waals surface area contributed by atoms with Gasteiger partial charge < -0.3 is 10.6 Å². The zero-order chi connectivity index (χ0) is 15.8. The fraction of sp³-hybridized carbons (Fsp3) is 0.118. The summed E-state index contributed by atoms with van der Waals surface area (Å²) in [4.78, 5) is 11.5. The van der Waals surface area contributed by atoms with Gasteiger partial charge in [0.25, 0.3) is 0 Å². The Morgan fingerprint density at radius 1 is 1.05 bits per heavy atom. The Hall–Kier alpha value is -2.69. The summed E-state index contributed by atoms with van der Waals surface area (Å²) in [5.41, 5.74) is 1.47. The molecular weight excluding hydrogens is 286 g/mol. The van der Waals surface area contributed by atoms with E-state index in [-0.39, 0.29) is 17.7 Å². The maximum Gasteiger partial charge on any atom is 0.318 e. The maximum atomic E-state index is 13.0. The summed E-state index contributed by atoms with van der Waals surface area (Å²) in [6.45, 7) is 0.392. The predicted molar refractivity (Wildman–Crippen MR) is 82.1 cm³/mol. The molecule has 0 spiro atoms. The Labute approximate surface area is 127 Å². The van der Waals surface area contributed by atoms with E-state index in [2.05, 4.69) is 10.6 Å². The number of carbonyl (C=O) groups is 1. The van der Waals surface area contributed by atoms with Gasteiger partial charge in [0.15, 0.2) is 0 Å². The Morgan fingerprint density at radius 2 is 1.77 bits per heavy atom. The zero-order valence-corrected chi connectivity index (χ0v) is 11.9. The summed E-state index contributed by atoms with van der Waals surface area (Å²) in [5, 5.41) is 5.17. The molecule has 0 aliphatic heterocycles. The zero-order valence-electron chi connectivity index (χ0n) is 11.9. The molecule has 0 aromatic heterocycles. The molecule has 5 heteroatoms. The molecule has 0 fully saturated rings. The number of amides is 2. The lowest BCUT2D eigenvalue weighted by molar-refractivity contribution is 0.244. The van der Waals surface area contributed by atoms with Gasteiger partial charge in [-0.2, -0.15) is 0 Å². The minimum atomic E-state index is -0.371. The number of nitrogens with one attached hydrogen (secondary N) is 2. The van der Waals surface area contributed by atoms with Crippen molar-refractivity contribution in [1.82, 2.24) is 10.6 Å². The normalized spacial score (nSPS) is 10.6. The van der Waals surface area contributed by atoms with Crippen LogP contribution in [-0.2, 0) is 6.42 Å². The van der Waals surface area contributed by atoms with Crippen LogP contribution in [0.3, 0.4) is 0 Å². The molecular formula is C17H16F2N2O. The van der Waals surface area contributed by atoms with E-state index < -0.39 is 0 Å². The van der Waals surface area contributed by atoms with Gasteiger partial charge in [0.1, 0.15) is 11.6 Å². The van der Waals surface area contributed by atoms with Crippen LogP contribution in [0.2, 0.25) is 0 Å². The molecule has 22 heavy (non-hydrogen) atoms. The van der Waals surface area contributed by atoms with Crippen LogP contribution in [0.25, 0.3) is 6.08 Å². The van der Waals surface area contributed by atoms with Crippen molar-refractivity contribution in [3.8, 4) is 0 Å². The molecule has 2 amide bonds. The van der Waals surface area contributed by atoms with E-state index in [9.17, 15) is 13.6 Å². The predicted octanol–water partition coefficient (Wildman–Crippen LogP) is 3.48. The van der Waals surface area contributed by atoms with Crippen molar-refractivity contribution < 1.29 is 13.6 Å². The van der Waals surface area contributed by atoms with Crippen LogP contribution in [0.4, 0.5) is 13.6 Å². The number of urea groups is 1. The molecule has 0 atom stereocenters. The van der Waals surface area contributed by atoms with Crippen molar-refractivity contribution in [2.24, 2.45) is 0 Å². The molecule has 0 saturated carbocycles. The Balaban J connectivity index is 1.72. The van der Waals surface area contributed by atoms with Gasteiger partial charge in [-0.1, -0.05) is 24.3 Å². The van der Waals surface area contributed by atoms with Crippen molar-refractivity contribution >= 4 is 12.1 Å². The fourth-order valence-corrected chi connectivity index (χ4v) is 1.89. The number of halogens is 2. The fourth-order valence-electron chi connectivity index (χ4n) is 1.89. The molecule has 2 N–H and O–H groups in total. The van der Waals surface area contributed by atoms with Crippen molar-refractivity contribution in [2.45, 2.75) is 6.42 Å². The molecule has 0 heterocycles. The van der Waals surface area contributed by atoms with Crippen molar-refractivity contribution in [1.29, 1.82) is 0 Å². The van der Waals surface area contributed by atoms with Crippen molar-refractivity contribution in [2.75, 3.05) is 6.54 Å². The SMILES string of the molecule is O=C(N/C=C/c1cccc(F)c1)NCCc1cccc(F)c1. The summed E-state index contributed by atoms with van der Waals surface area (Å²) in [6, 6.07) is 11.9. The molecule has 0 saturated heterocycles. The monoisotopic (exact) mass is 302 g/mol. The number of rotatable bonds is 5. The molecule has 0 unspecified atom stereocenters. The third-order valence-electron chi connectivity index (χ3n) is 2.93. The second-order valence-corrected chi connectivity index (χ2v) is 4.67. The van der Waals surface area contributed by atoms with E-state index in [1.807, 2.05) is 0 Å². The minimum Gasteiger partial charge on any atom is -0.338 e. The summed E-state index contributed by atoms with van der Waals surface area (Å²) in [6.07, 6.45) is 3.57. The molecule has 0 radical (unpaired) electrons. The molecule has 0 aliphatic rings. The first-order valence-corrected chi connectivity index (χ1v) is 6.84. The Kier molecular flexibility index (Phi) is 5.65. The van der Waals surface area contributed by atoms with Crippen LogP contribution in [-0.4, -0.2) is 12.6 Å². The topological polar surface area (TPSA) is 41.1 Å². The first-order valence-electron chi connectivity index (χ1n) is 6.84. The Bertz CT molecular complexity index is 671. The van der Waals surface area contributed by atoms with E-state index >= 15 is 0 Å². The van der Waals surface area contributed by atoms with E-state index in [4.69, 9.17) is 0 Å². The largest absolute Gasteiger partial charge is 0.338 e. The quantitative estimate of drug-likeness (QED) is 0.872. The lowest BCUT2D eigenvalue weighted by Gasteiger charge is -2.05. The highest BCUT2D eigenvalue weighted by Gasteiger charge is 1.99. The van der Waals surface area contributed by atoms with E-state index in [1.54, 1.807) is 30.3 Å². The van der Waals surface area contributed by atoms with Gasteiger partial charge in [0, 0.05) is 12.7 Å². The van der Waals surface area contributed by atoms with Gasteiger partial charge >= 0.3 is 6.03 Å². The van der Waals surface area contributed by atoms with Crippen LogP contribution in [0.1, 0.15) is 11.1 Å². The second-order valence-electron chi connectivity index (χ2n) is 4.67. The van der Waals surface area contributed by atoms with Crippen molar-refractivity contribution in [3.63, 3.8) is 0 Å². The van der Waals surface area contributed by atoms with Crippen LogP contribution < -0.4 is 10.6 Å². The van der Waals surface area contributed by atoms with E-state index in [0.29, 0.717) is 18.5 Å². The van der Waals surface area contributed by atoms with Gasteiger partial charge in [-0.15, -0.1) is 0 Å². The van der Waals surface area contributed by atoms with Gasteiger partial charge in [-0.05, 0) is 47.9 Å². The summed E-state index contributed by atoms with van der Waals surface area (Å²) < 4.78 is 25.9. The molecule has 2 rings (SSSR count).